The van der Waals surface area contributed by atoms with Crippen LogP contribution in [-0.4, -0.2) is 26.8 Å². The van der Waals surface area contributed by atoms with E-state index >= 15 is 0 Å². The van der Waals surface area contributed by atoms with Gasteiger partial charge in [0, 0.05) is 29.4 Å². The van der Waals surface area contributed by atoms with Crippen LogP contribution in [0.15, 0.2) is 42.7 Å². The molecule has 4 heteroatoms. The molecular formula is C15H19N3S. The Morgan fingerprint density at radius 1 is 1.37 bits per heavy atom. The lowest BCUT2D eigenvalue weighted by Crippen LogP contribution is -2.25. The molecule has 0 radical (unpaired) electrons. The van der Waals surface area contributed by atoms with E-state index in [1.807, 2.05) is 23.1 Å². The first kappa shape index (κ1) is 12.6. The van der Waals surface area contributed by atoms with Crippen LogP contribution >= 0.6 is 11.8 Å². The molecule has 1 aliphatic rings. The molecule has 2 unspecified atom stereocenters. The molecule has 19 heavy (non-hydrogen) atoms. The molecule has 3 rings (SSSR count). The molecule has 1 aromatic heterocycles. The average Bonchev–Trinajstić information content (AvgIpc) is 3.05. The molecule has 0 amide bonds. The largest absolute Gasteiger partial charge is 0.381 e. The molecular weight excluding hydrogens is 254 g/mol. The van der Waals surface area contributed by atoms with Crippen LogP contribution in [0.3, 0.4) is 0 Å². The summed E-state index contributed by atoms with van der Waals surface area (Å²) in [5.74, 6) is 1.26. The maximum atomic E-state index is 4.28. The van der Waals surface area contributed by atoms with Crippen molar-refractivity contribution in [1.82, 2.24) is 9.78 Å². The third-order valence-corrected chi connectivity index (χ3v) is 4.95. The minimum atomic E-state index is 0.587. The Morgan fingerprint density at radius 3 is 3.00 bits per heavy atom. The normalized spacial score (nSPS) is 22.6. The van der Waals surface area contributed by atoms with Gasteiger partial charge in [-0.15, -0.1) is 0 Å². The second-order valence-electron chi connectivity index (χ2n) is 4.98. The number of aromatic nitrogens is 2. The zero-order valence-corrected chi connectivity index (χ0v) is 11.9. The van der Waals surface area contributed by atoms with E-state index < -0.39 is 0 Å². The van der Waals surface area contributed by atoms with Crippen molar-refractivity contribution in [3.05, 3.63) is 48.3 Å². The summed E-state index contributed by atoms with van der Waals surface area (Å²) < 4.78 is 1.97. The van der Waals surface area contributed by atoms with Gasteiger partial charge < -0.3 is 5.32 Å². The summed E-state index contributed by atoms with van der Waals surface area (Å²) in [7, 11) is 0. The van der Waals surface area contributed by atoms with Gasteiger partial charge in [0.1, 0.15) is 0 Å². The van der Waals surface area contributed by atoms with Crippen molar-refractivity contribution >= 4 is 17.4 Å². The van der Waals surface area contributed by atoms with Crippen molar-refractivity contribution in [2.45, 2.75) is 31.2 Å². The summed E-state index contributed by atoms with van der Waals surface area (Å²) in [6.45, 7) is 3.13. The molecule has 2 aromatic rings. The van der Waals surface area contributed by atoms with Crippen LogP contribution in [0, 0.1) is 0 Å². The van der Waals surface area contributed by atoms with Gasteiger partial charge in [-0.05, 0) is 29.9 Å². The van der Waals surface area contributed by atoms with Gasteiger partial charge in [-0.25, -0.2) is 0 Å². The van der Waals surface area contributed by atoms with Crippen LogP contribution in [0.1, 0.15) is 18.9 Å². The Balaban J connectivity index is 1.77. The van der Waals surface area contributed by atoms with Crippen molar-refractivity contribution in [2.75, 3.05) is 11.1 Å². The second kappa shape index (κ2) is 5.70. The Hall–Kier alpha value is -1.42. The van der Waals surface area contributed by atoms with Crippen LogP contribution in [0.2, 0.25) is 0 Å². The molecule has 1 N–H and O–H groups in total. The summed E-state index contributed by atoms with van der Waals surface area (Å²) in [6.07, 6.45) is 5.08. The quantitative estimate of drug-likeness (QED) is 0.927. The van der Waals surface area contributed by atoms with Gasteiger partial charge in [0.05, 0.1) is 6.54 Å². The molecule has 1 aliphatic heterocycles. The van der Waals surface area contributed by atoms with Gasteiger partial charge >= 0.3 is 0 Å². The highest BCUT2D eigenvalue weighted by atomic mass is 32.2. The van der Waals surface area contributed by atoms with E-state index in [0.29, 0.717) is 11.3 Å². The number of hydrogen-bond acceptors (Lipinski definition) is 3. The van der Waals surface area contributed by atoms with Crippen molar-refractivity contribution in [1.29, 1.82) is 0 Å². The molecule has 1 fully saturated rings. The number of rotatable bonds is 4. The monoisotopic (exact) mass is 273 g/mol. The second-order valence-corrected chi connectivity index (χ2v) is 6.46. The van der Waals surface area contributed by atoms with Crippen molar-refractivity contribution in [3.63, 3.8) is 0 Å². The van der Waals surface area contributed by atoms with E-state index in [0.717, 1.165) is 6.54 Å². The average molecular weight is 273 g/mol. The number of para-hydroxylation sites is 1. The highest BCUT2D eigenvalue weighted by Crippen LogP contribution is 2.29. The maximum absolute atomic E-state index is 4.28. The van der Waals surface area contributed by atoms with Crippen molar-refractivity contribution in [3.8, 4) is 0 Å². The molecule has 0 bridgehead atoms. The van der Waals surface area contributed by atoms with Crippen molar-refractivity contribution in [2.24, 2.45) is 0 Å². The summed E-state index contributed by atoms with van der Waals surface area (Å²) in [6, 6.07) is 11.1. The van der Waals surface area contributed by atoms with E-state index in [4.69, 9.17) is 0 Å². The number of hydrogen-bond donors (Lipinski definition) is 1. The van der Waals surface area contributed by atoms with E-state index in [-0.39, 0.29) is 0 Å². The van der Waals surface area contributed by atoms with E-state index in [1.54, 1.807) is 0 Å². The van der Waals surface area contributed by atoms with Crippen LogP contribution < -0.4 is 5.32 Å². The van der Waals surface area contributed by atoms with Gasteiger partial charge in [-0.1, -0.05) is 25.1 Å². The smallest absolute Gasteiger partial charge is 0.0679 e. The van der Waals surface area contributed by atoms with Crippen LogP contribution in [0.25, 0.3) is 0 Å². The molecule has 3 nitrogen and oxygen atoms in total. The summed E-state index contributed by atoms with van der Waals surface area (Å²) in [5, 5.41) is 8.69. The van der Waals surface area contributed by atoms with E-state index in [9.17, 15) is 0 Å². The first-order valence-corrected chi connectivity index (χ1v) is 7.81. The van der Waals surface area contributed by atoms with E-state index in [1.165, 1.54) is 23.4 Å². The topological polar surface area (TPSA) is 29.9 Å². The first-order chi connectivity index (χ1) is 9.33. The third-order valence-electron chi connectivity index (χ3n) is 3.63. The Bertz CT molecular complexity index is 524. The van der Waals surface area contributed by atoms with Crippen LogP contribution in [0.5, 0.6) is 0 Å². The van der Waals surface area contributed by atoms with Gasteiger partial charge in [-0.2, -0.15) is 16.9 Å². The standard InChI is InChI=1S/C15H19N3S/c1-12-14(7-10-19-12)17-15-6-3-2-5-13(15)11-18-9-4-8-16-18/h2-6,8-9,12,14,17H,7,10-11H2,1H3. The Labute approximate surface area is 118 Å². The van der Waals surface area contributed by atoms with E-state index in [2.05, 4.69) is 53.4 Å². The molecule has 0 spiro atoms. The number of nitrogens with one attached hydrogen (secondary N) is 1. The number of thioether (sulfide) groups is 1. The maximum Gasteiger partial charge on any atom is 0.0679 e. The Kier molecular flexibility index (Phi) is 3.78. The highest BCUT2D eigenvalue weighted by Gasteiger charge is 2.24. The lowest BCUT2D eigenvalue weighted by Gasteiger charge is -2.20. The predicted molar refractivity (Wildman–Crippen MR) is 81.7 cm³/mol. The first-order valence-electron chi connectivity index (χ1n) is 6.76. The fourth-order valence-electron chi connectivity index (χ4n) is 2.49. The minimum Gasteiger partial charge on any atom is -0.381 e. The highest BCUT2D eigenvalue weighted by molar-refractivity contribution is 8.00. The van der Waals surface area contributed by atoms with Crippen molar-refractivity contribution < 1.29 is 0 Å². The summed E-state index contributed by atoms with van der Waals surface area (Å²) >= 11 is 2.06. The van der Waals surface area contributed by atoms with Gasteiger partial charge in [-0.3, -0.25) is 4.68 Å². The molecule has 1 saturated heterocycles. The molecule has 2 atom stereocenters. The third kappa shape index (κ3) is 2.95. The SMILES string of the molecule is CC1SCCC1Nc1ccccc1Cn1cccn1. The summed E-state index contributed by atoms with van der Waals surface area (Å²) in [5.41, 5.74) is 2.55. The van der Waals surface area contributed by atoms with Gasteiger partial charge in [0.25, 0.3) is 0 Å². The van der Waals surface area contributed by atoms with Gasteiger partial charge in [0.2, 0.25) is 0 Å². The number of nitrogens with zero attached hydrogens (tertiary/aromatic N) is 2. The molecule has 2 heterocycles. The lowest BCUT2D eigenvalue weighted by molar-refractivity contribution is 0.681. The predicted octanol–water partition coefficient (Wildman–Crippen LogP) is 3.24. The lowest BCUT2D eigenvalue weighted by atomic mass is 10.1. The molecule has 100 valence electrons. The van der Waals surface area contributed by atoms with Crippen LogP contribution in [0.4, 0.5) is 5.69 Å². The number of benzene rings is 1. The molecule has 0 saturated carbocycles. The van der Waals surface area contributed by atoms with Gasteiger partial charge in [0.15, 0.2) is 0 Å². The Morgan fingerprint density at radius 2 is 2.26 bits per heavy atom. The van der Waals surface area contributed by atoms with Crippen LogP contribution in [-0.2, 0) is 6.54 Å². The fraction of sp³-hybridized carbons (Fsp3) is 0.400. The molecule has 1 aromatic carbocycles. The number of anilines is 1. The minimum absolute atomic E-state index is 0.587. The fourth-order valence-corrected chi connectivity index (χ4v) is 3.69. The zero-order chi connectivity index (χ0) is 13.1. The summed E-state index contributed by atoms with van der Waals surface area (Å²) in [4.78, 5) is 0. The zero-order valence-electron chi connectivity index (χ0n) is 11.1. The molecule has 0 aliphatic carbocycles.